The van der Waals surface area contributed by atoms with Crippen molar-refractivity contribution in [3.05, 3.63) is 0 Å². The van der Waals surface area contributed by atoms with E-state index in [1.54, 1.807) is 20.8 Å². The maximum Gasteiger partial charge on any atom is 0.410 e. The molecule has 1 aliphatic heterocycles. The minimum absolute atomic E-state index is 0.146. The fraction of sp³-hybridized carbons (Fsp3) is 0.750. The Bertz CT molecular complexity index is 388. The smallest absolute Gasteiger partial charge is 0.410 e. The molecule has 2 amide bonds. The molecule has 0 saturated carbocycles. The highest BCUT2D eigenvalue weighted by Crippen LogP contribution is 2.13. The van der Waals surface area contributed by atoms with Gasteiger partial charge < -0.3 is 14.7 Å². The zero-order chi connectivity index (χ0) is 14.8. The van der Waals surface area contributed by atoms with Crippen LogP contribution >= 0.6 is 0 Å². The number of carbonyl (C=O) groups excluding carboxylic acids is 2. The number of carbonyl (C=O) groups is 3. The van der Waals surface area contributed by atoms with Crippen molar-refractivity contribution in [1.82, 2.24) is 9.80 Å². The molecule has 1 heterocycles. The third-order valence-corrected chi connectivity index (χ3v) is 2.73. The third kappa shape index (κ3) is 4.11. The van der Waals surface area contributed by atoms with Crippen LogP contribution in [0.3, 0.4) is 0 Å². The molecular weight excluding hydrogens is 252 g/mol. The van der Waals surface area contributed by atoms with E-state index in [1.165, 1.54) is 16.7 Å². The van der Waals surface area contributed by atoms with Gasteiger partial charge >= 0.3 is 12.1 Å². The summed E-state index contributed by atoms with van der Waals surface area (Å²) in [6, 6.07) is -0.881. The summed E-state index contributed by atoms with van der Waals surface area (Å²) in [4.78, 5) is 37.0. The molecule has 0 aromatic rings. The molecule has 7 nitrogen and oxygen atoms in total. The first kappa shape index (κ1) is 15.3. The summed E-state index contributed by atoms with van der Waals surface area (Å²) in [5.74, 6) is -1.44. The zero-order valence-electron chi connectivity index (χ0n) is 11.7. The summed E-state index contributed by atoms with van der Waals surface area (Å²) < 4.78 is 5.17. The average Bonchev–Trinajstić information content (AvgIpc) is 2.25. The molecule has 0 bridgehead atoms. The highest BCUT2D eigenvalue weighted by atomic mass is 16.6. The molecule has 19 heavy (non-hydrogen) atoms. The van der Waals surface area contributed by atoms with Gasteiger partial charge in [0, 0.05) is 13.1 Å². The largest absolute Gasteiger partial charge is 0.480 e. The maximum absolute atomic E-state index is 11.8. The van der Waals surface area contributed by atoms with Gasteiger partial charge in [0.05, 0.1) is 0 Å². The number of carboxylic acid groups (broad SMARTS) is 1. The Hall–Kier alpha value is -1.79. The van der Waals surface area contributed by atoms with Crippen LogP contribution in [0.2, 0.25) is 0 Å². The molecule has 0 radical (unpaired) electrons. The number of aliphatic carboxylic acids is 1. The fourth-order valence-corrected chi connectivity index (χ4v) is 1.71. The molecule has 1 aliphatic rings. The standard InChI is InChI=1S/C12H20N2O5/c1-8(10(16)17)14-6-5-13(7-9(14)15)11(18)19-12(2,3)4/h8H,5-7H2,1-4H3,(H,16,17)/t8-/m1/s1. The van der Waals surface area contributed by atoms with Crippen LogP contribution < -0.4 is 0 Å². The lowest BCUT2D eigenvalue weighted by Crippen LogP contribution is -2.57. The average molecular weight is 272 g/mol. The Morgan fingerprint density at radius 2 is 1.89 bits per heavy atom. The second-order valence-electron chi connectivity index (χ2n) is 5.50. The van der Waals surface area contributed by atoms with Gasteiger partial charge in [0.15, 0.2) is 0 Å². The Morgan fingerprint density at radius 3 is 2.32 bits per heavy atom. The summed E-state index contributed by atoms with van der Waals surface area (Å²) in [7, 11) is 0. The molecule has 1 fully saturated rings. The predicted octanol–water partition coefficient (Wildman–Crippen LogP) is 0.539. The minimum atomic E-state index is -1.06. The first-order valence-electron chi connectivity index (χ1n) is 6.12. The molecule has 0 aliphatic carbocycles. The quantitative estimate of drug-likeness (QED) is 0.792. The van der Waals surface area contributed by atoms with Crippen LogP contribution in [0.15, 0.2) is 0 Å². The second kappa shape index (κ2) is 5.46. The van der Waals surface area contributed by atoms with Gasteiger partial charge in [-0.3, -0.25) is 9.69 Å². The summed E-state index contributed by atoms with van der Waals surface area (Å²) in [6.45, 7) is 7.01. The van der Waals surface area contributed by atoms with E-state index in [9.17, 15) is 14.4 Å². The Morgan fingerprint density at radius 1 is 1.32 bits per heavy atom. The van der Waals surface area contributed by atoms with E-state index < -0.39 is 23.7 Å². The predicted molar refractivity (Wildman–Crippen MR) is 66.6 cm³/mol. The van der Waals surface area contributed by atoms with Crippen molar-refractivity contribution in [2.45, 2.75) is 39.3 Å². The van der Waals surface area contributed by atoms with Gasteiger partial charge in [-0.2, -0.15) is 0 Å². The molecule has 1 saturated heterocycles. The lowest BCUT2D eigenvalue weighted by Gasteiger charge is -2.36. The van der Waals surface area contributed by atoms with Gasteiger partial charge in [0.2, 0.25) is 5.91 Å². The number of hydrogen-bond acceptors (Lipinski definition) is 4. The first-order valence-corrected chi connectivity index (χ1v) is 6.12. The van der Waals surface area contributed by atoms with Gasteiger partial charge in [-0.1, -0.05) is 0 Å². The Kier molecular flexibility index (Phi) is 4.39. The number of hydrogen-bond donors (Lipinski definition) is 1. The van der Waals surface area contributed by atoms with Crippen LogP contribution in [0.4, 0.5) is 4.79 Å². The third-order valence-electron chi connectivity index (χ3n) is 2.73. The van der Waals surface area contributed by atoms with E-state index >= 15 is 0 Å². The Labute approximate surface area is 112 Å². The van der Waals surface area contributed by atoms with Crippen molar-refractivity contribution in [3.63, 3.8) is 0 Å². The fourth-order valence-electron chi connectivity index (χ4n) is 1.71. The highest BCUT2D eigenvalue weighted by molar-refractivity contribution is 5.87. The monoisotopic (exact) mass is 272 g/mol. The van der Waals surface area contributed by atoms with Crippen molar-refractivity contribution in [3.8, 4) is 0 Å². The number of amides is 2. The van der Waals surface area contributed by atoms with E-state index in [2.05, 4.69) is 0 Å². The molecular formula is C12H20N2O5. The molecule has 1 N–H and O–H groups in total. The van der Waals surface area contributed by atoms with E-state index in [-0.39, 0.29) is 25.5 Å². The molecule has 0 aromatic carbocycles. The molecule has 0 aromatic heterocycles. The van der Waals surface area contributed by atoms with Crippen LogP contribution in [0.25, 0.3) is 0 Å². The lowest BCUT2D eigenvalue weighted by molar-refractivity contribution is -0.151. The number of nitrogens with zero attached hydrogens (tertiary/aromatic N) is 2. The van der Waals surface area contributed by atoms with Crippen LogP contribution in [0.5, 0.6) is 0 Å². The molecule has 0 unspecified atom stereocenters. The Balaban J connectivity index is 2.61. The van der Waals surface area contributed by atoms with E-state index in [1.807, 2.05) is 0 Å². The number of carboxylic acids is 1. The van der Waals surface area contributed by atoms with Crippen LogP contribution in [-0.4, -0.2) is 64.2 Å². The van der Waals surface area contributed by atoms with Crippen molar-refractivity contribution in [1.29, 1.82) is 0 Å². The molecule has 0 spiro atoms. The summed E-state index contributed by atoms with van der Waals surface area (Å²) in [5.41, 5.74) is -0.619. The highest BCUT2D eigenvalue weighted by Gasteiger charge is 2.34. The number of ether oxygens (including phenoxy) is 1. The van der Waals surface area contributed by atoms with Crippen molar-refractivity contribution in [2.24, 2.45) is 0 Å². The van der Waals surface area contributed by atoms with Crippen molar-refractivity contribution < 1.29 is 24.2 Å². The number of rotatable bonds is 2. The first-order chi connectivity index (χ1) is 8.61. The van der Waals surface area contributed by atoms with Gasteiger partial charge in [0.1, 0.15) is 18.2 Å². The van der Waals surface area contributed by atoms with E-state index in [0.29, 0.717) is 0 Å². The maximum atomic E-state index is 11.8. The van der Waals surface area contributed by atoms with Gasteiger partial charge in [0.25, 0.3) is 0 Å². The van der Waals surface area contributed by atoms with Crippen LogP contribution in [-0.2, 0) is 14.3 Å². The molecule has 1 rings (SSSR count). The van der Waals surface area contributed by atoms with Gasteiger partial charge in [-0.05, 0) is 27.7 Å². The normalized spacial score (nSPS) is 18.2. The summed E-state index contributed by atoms with van der Waals surface area (Å²) >= 11 is 0. The summed E-state index contributed by atoms with van der Waals surface area (Å²) in [5, 5.41) is 8.88. The van der Waals surface area contributed by atoms with Crippen LogP contribution in [0.1, 0.15) is 27.7 Å². The topological polar surface area (TPSA) is 87.2 Å². The summed E-state index contributed by atoms with van der Waals surface area (Å²) in [6.07, 6.45) is -0.552. The van der Waals surface area contributed by atoms with Crippen molar-refractivity contribution >= 4 is 18.0 Å². The number of piperazine rings is 1. The van der Waals surface area contributed by atoms with Crippen LogP contribution in [0, 0.1) is 0 Å². The molecule has 108 valence electrons. The zero-order valence-corrected chi connectivity index (χ0v) is 11.7. The van der Waals surface area contributed by atoms with E-state index in [4.69, 9.17) is 9.84 Å². The lowest BCUT2D eigenvalue weighted by atomic mass is 10.2. The van der Waals surface area contributed by atoms with Gasteiger partial charge in [-0.25, -0.2) is 9.59 Å². The molecule has 1 atom stereocenters. The van der Waals surface area contributed by atoms with E-state index in [0.717, 1.165) is 0 Å². The minimum Gasteiger partial charge on any atom is -0.480 e. The van der Waals surface area contributed by atoms with Gasteiger partial charge in [-0.15, -0.1) is 0 Å². The second-order valence-corrected chi connectivity index (χ2v) is 5.50. The van der Waals surface area contributed by atoms with Crippen molar-refractivity contribution in [2.75, 3.05) is 19.6 Å². The SMILES string of the molecule is C[C@H](C(=O)O)N1CCN(C(=O)OC(C)(C)C)CC1=O. The molecule has 7 heteroatoms.